The number of rotatable bonds is 5. The molecular formula is C21H18N4O. The molecule has 26 heavy (non-hydrogen) atoms. The Morgan fingerprint density at radius 1 is 1.04 bits per heavy atom. The minimum Gasteiger partial charge on any atom is -0.381 e. The second kappa shape index (κ2) is 7.95. The number of nitrogens with one attached hydrogen (secondary N) is 1. The number of carbonyl (C=O) groups is 1. The number of hydrogen-bond donors (Lipinski definition) is 1. The molecule has 0 aliphatic carbocycles. The Bertz CT molecular complexity index is 913. The Kier molecular flexibility index (Phi) is 5.25. The molecule has 1 amide bonds. The van der Waals surface area contributed by atoms with Crippen molar-refractivity contribution in [2.24, 2.45) is 0 Å². The average Bonchev–Trinajstić information content (AvgIpc) is 2.72. The van der Waals surface area contributed by atoms with Crippen molar-refractivity contribution in [3.8, 4) is 6.07 Å². The smallest absolute Gasteiger partial charge is 0.258 e. The second-order valence-electron chi connectivity index (χ2n) is 5.81. The molecule has 1 aromatic heterocycles. The monoisotopic (exact) mass is 342 g/mol. The molecule has 0 fully saturated rings. The van der Waals surface area contributed by atoms with Crippen LogP contribution in [-0.2, 0) is 6.54 Å². The average molecular weight is 342 g/mol. The molecule has 0 unspecified atom stereocenters. The van der Waals surface area contributed by atoms with Crippen LogP contribution in [0.5, 0.6) is 0 Å². The number of anilines is 2. The first-order valence-corrected chi connectivity index (χ1v) is 8.18. The molecule has 0 saturated heterocycles. The first-order chi connectivity index (χ1) is 12.7. The van der Waals surface area contributed by atoms with Crippen molar-refractivity contribution in [2.45, 2.75) is 6.54 Å². The minimum absolute atomic E-state index is 0.0733. The molecular weight excluding hydrogens is 324 g/mol. The van der Waals surface area contributed by atoms with Crippen LogP contribution >= 0.6 is 0 Å². The van der Waals surface area contributed by atoms with Crippen molar-refractivity contribution in [3.05, 3.63) is 89.7 Å². The van der Waals surface area contributed by atoms with E-state index in [4.69, 9.17) is 5.26 Å². The number of nitrogens with zero attached hydrogens (tertiary/aromatic N) is 3. The van der Waals surface area contributed by atoms with E-state index in [0.717, 1.165) is 16.9 Å². The van der Waals surface area contributed by atoms with E-state index in [1.165, 1.54) is 0 Å². The molecule has 5 nitrogen and oxygen atoms in total. The summed E-state index contributed by atoms with van der Waals surface area (Å²) in [5.74, 6) is -0.0733. The SMILES string of the molecule is CN(C(=O)c1ccncc1)c1ccc(CNc2ccc(C#N)cc2)cc1. The fourth-order valence-electron chi connectivity index (χ4n) is 2.51. The number of nitriles is 1. The summed E-state index contributed by atoms with van der Waals surface area (Å²) in [6.07, 6.45) is 3.22. The molecule has 2 aromatic carbocycles. The summed E-state index contributed by atoms with van der Waals surface area (Å²) in [5.41, 5.74) is 4.13. The van der Waals surface area contributed by atoms with Gasteiger partial charge in [0, 0.05) is 42.9 Å². The fraction of sp³-hybridized carbons (Fsp3) is 0.0952. The molecule has 3 aromatic rings. The van der Waals surface area contributed by atoms with E-state index in [-0.39, 0.29) is 5.91 Å². The summed E-state index contributed by atoms with van der Waals surface area (Å²) in [6.45, 7) is 0.661. The van der Waals surface area contributed by atoms with Gasteiger partial charge in [-0.3, -0.25) is 9.78 Å². The molecule has 3 rings (SSSR count). The summed E-state index contributed by atoms with van der Waals surface area (Å²) in [4.78, 5) is 18.0. The maximum atomic E-state index is 12.5. The van der Waals surface area contributed by atoms with E-state index in [2.05, 4.69) is 16.4 Å². The van der Waals surface area contributed by atoms with Crippen molar-refractivity contribution >= 4 is 17.3 Å². The molecule has 1 heterocycles. The number of hydrogen-bond acceptors (Lipinski definition) is 4. The lowest BCUT2D eigenvalue weighted by molar-refractivity contribution is 0.0993. The van der Waals surface area contributed by atoms with Gasteiger partial charge in [-0.25, -0.2) is 0 Å². The highest BCUT2D eigenvalue weighted by molar-refractivity contribution is 6.05. The van der Waals surface area contributed by atoms with E-state index < -0.39 is 0 Å². The van der Waals surface area contributed by atoms with Crippen molar-refractivity contribution in [1.29, 1.82) is 5.26 Å². The molecule has 0 bridgehead atoms. The van der Waals surface area contributed by atoms with Gasteiger partial charge in [0.2, 0.25) is 0 Å². The Hall–Kier alpha value is -3.65. The van der Waals surface area contributed by atoms with Gasteiger partial charge in [-0.1, -0.05) is 12.1 Å². The van der Waals surface area contributed by atoms with E-state index in [0.29, 0.717) is 17.7 Å². The fourth-order valence-corrected chi connectivity index (χ4v) is 2.51. The van der Waals surface area contributed by atoms with Crippen molar-refractivity contribution in [3.63, 3.8) is 0 Å². The molecule has 0 saturated carbocycles. The van der Waals surface area contributed by atoms with Gasteiger partial charge in [-0.05, 0) is 54.1 Å². The summed E-state index contributed by atoms with van der Waals surface area (Å²) < 4.78 is 0. The lowest BCUT2D eigenvalue weighted by atomic mass is 10.1. The Morgan fingerprint density at radius 3 is 2.31 bits per heavy atom. The maximum absolute atomic E-state index is 12.5. The van der Waals surface area contributed by atoms with E-state index in [9.17, 15) is 4.79 Å². The number of pyridine rings is 1. The zero-order valence-electron chi connectivity index (χ0n) is 14.4. The van der Waals surface area contributed by atoms with Crippen LogP contribution in [0.3, 0.4) is 0 Å². The third-order valence-corrected chi connectivity index (χ3v) is 4.07. The first-order valence-electron chi connectivity index (χ1n) is 8.18. The zero-order valence-corrected chi connectivity index (χ0v) is 14.4. The highest BCUT2D eigenvalue weighted by Crippen LogP contribution is 2.17. The lowest BCUT2D eigenvalue weighted by Gasteiger charge is -2.18. The number of amides is 1. The predicted octanol–water partition coefficient (Wildman–Crippen LogP) is 3.84. The largest absolute Gasteiger partial charge is 0.381 e. The predicted molar refractivity (Wildman–Crippen MR) is 102 cm³/mol. The molecule has 128 valence electrons. The highest BCUT2D eigenvalue weighted by atomic mass is 16.2. The van der Waals surface area contributed by atoms with Gasteiger partial charge >= 0.3 is 0 Å². The molecule has 0 aliphatic rings. The van der Waals surface area contributed by atoms with Crippen LogP contribution in [-0.4, -0.2) is 17.9 Å². The number of benzene rings is 2. The number of carbonyl (C=O) groups excluding carboxylic acids is 1. The quantitative estimate of drug-likeness (QED) is 0.765. The standard InChI is InChI=1S/C21H18N4O/c1-25(21(26)18-10-12-23-13-11-18)20-8-4-17(5-9-20)15-24-19-6-2-16(14-22)3-7-19/h2-13,24H,15H2,1H3. The van der Waals surface area contributed by atoms with Crippen LogP contribution in [0.1, 0.15) is 21.5 Å². The van der Waals surface area contributed by atoms with Gasteiger partial charge in [0.05, 0.1) is 11.6 Å². The normalized spacial score (nSPS) is 10.0. The van der Waals surface area contributed by atoms with Crippen molar-refractivity contribution in [2.75, 3.05) is 17.3 Å². The first kappa shape index (κ1) is 17.2. The van der Waals surface area contributed by atoms with E-state index >= 15 is 0 Å². The summed E-state index contributed by atoms with van der Waals surface area (Å²) >= 11 is 0. The van der Waals surface area contributed by atoms with Crippen LogP contribution in [0.2, 0.25) is 0 Å². The topological polar surface area (TPSA) is 69.0 Å². The van der Waals surface area contributed by atoms with Crippen LogP contribution in [0.25, 0.3) is 0 Å². The van der Waals surface area contributed by atoms with Crippen LogP contribution < -0.4 is 10.2 Å². The Balaban J connectivity index is 1.62. The van der Waals surface area contributed by atoms with Gasteiger partial charge in [-0.15, -0.1) is 0 Å². The molecule has 5 heteroatoms. The van der Waals surface area contributed by atoms with Crippen molar-refractivity contribution in [1.82, 2.24) is 4.98 Å². The van der Waals surface area contributed by atoms with Crippen LogP contribution in [0, 0.1) is 11.3 Å². The highest BCUT2D eigenvalue weighted by Gasteiger charge is 2.12. The maximum Gasteiger partial charge on any atom is 0.258 e. The van der Waals surface area contributed by atoms with Gasteiger partial charge in [0.15, 0.2) is 0 Å². The van der Waals surface area contributed by atoms with Crippen LogP contribution in [0.15, 0.2) is 73.1 Å². The summed E-state index contributed by atoms with van der Waals surface area (Å²) in [7, 11) is 1.76. The van der Waals surface area contributed by atoms with E-state index in [1.807, 2.05) is 36.4 Å². The molecule has 0 aliphatic heterocycles. The van der Waals surface area contributed by atoms with Gasteiger partial charge in [-0.2, -0.15) is 5.26 Å². The Morgan fingerprint density at radius 2 is 1.69 bits per heavy atom. The summed E-state index contributed by atoms with van der Waals surface area (Å²) in [5, 5.41) is 12.1. The summed E-state index contributed by atoms with van der Waals surface area (Å²) in [6, 6.07) is 20.7. The molecule has 0 radical (unpaired) electrons. The molecule has 0 spiro atoms. The molecule has 1 N–H and O–H groups in total. The number of aromatic nitrogens is 1. The lowest BCUT2D eigenvalue weighted by Crippen LogP contribution is -2.26. The van der Waals surface area contributed by atoms with Gasteiger partial charge < -0.3 is 10.2 Å². The second-order valence-corrected chi connectivity index (χ2v) is 5.81. The zero-order chi connectivity index (χ0) is 18.4. The van der Waals surface area contributed by atoms with Gasteiger partial charge in [0.1, 0.15) is 0 Å². The third kappa shape index (κ3) is 4.05. The Labute approximate surface area is 152 Å². The minimum atomic E-state index is -0.0733. The van der Waals surface area contributed by atoms with E-state index in [1.54, 1.807) is 48.6 Å². The van der Waals surface area contributed by atoms with Crippen LogP contribution in [0.4, 0.5) is 11.4 Å². The third-order valence-electron chi connectivity index (χ3n) is 4.07. The van der Waals surface area contributed by atoms with Gasteiger partial charge in [0.25, 0.3) is 5.91 Å². The van der Waals surface area contributed by atoms with Crippen molar-refractivity contribution < 1.29 is 4.79 Å². The molecule has 0 atom stereocenters.